The largest absolute Gasteiger partial charge is 0.488 e. The summed E-state index contributed by atoms with van der Waals surface area (Å²) in [6, 6.07) is 4.79. The van der Waals surface area contributed by atoms with Crippen LogP contribution in [0.5, 0.6) is 5.75 Å². The lowest BCUT2D eigenvalue weighted by molar-refractivity contribution is -0.120. The third-order valence-corrected chi connectivity index (χ3v) is 3.55. The highest BCUT2D eigenvalue weighted by Gasteiger charge is 2.34. The van der Waals surface area contributed by atoms with E-state index >= 15 is 0 Å². The van der Waals surface area contributed by atoms with Gasteiger partial charge in [-0.3, -0.25) is 4.79 Å². The van der Waals surface area contributed by atoms with E-state index in [0.717, 1.165) is 12.1 Å². The van der Waals surface area contributed by atoms with Crippen molar-refractivity contribution in [2.24, 2.45) is 11.3 Å². The Morgan fingerprint density at radius 2 is 1.74 bits per heavy atom. The van der Waals surface area contributed by atoms with Crippen molar-refractivity contribution < 1.29 is 30.1 Å². The fraction of sp³-hybridized carbons (Fsp3) is 0.500. The van der Waals surface area contributed by atoms with Gasteiger partial charge in [-0.2, -0.15) is 8.42 Å². The second-order valence-corrected chi connectivity index (χ2v) is 7.01. The molecule has 1 aromatic rings. The van der Waals surface area contributed by atoms with Crippen LogP contribution >= 0.6 is 0 Å². The van der Waals surface area contributed by atoms with Gasteiger partial charge in [-0.25, -0.2) is 8.78 Å². The van der Waals surface area contributed by atoms with Crippen LogP contribution in [0.3, 0.4) is 0 Å². The maximum absolute atomic E-state index is 13.0. The Labute approximate surface area is 133 Å². The minimum absolute atomic E-state index is 0.250. The molecular weight excluding hydrogens is 335 g/mol. The van der Waals surface area contributed by atoms with Gasteiger partial charge in [0.15, 0.2) is 0 Å². The third kappa shape index (κ3) is 6.89. The molecule has 0 spiro atoms. The van der Waals surface area contributed by atoms with E-state index in [1.165, 1.54) is 12.1 Å². The van der Waals surface area contributed by atoms with Gasteiger partial charge in [-0.05, 0) is 29.7 Å². The fourth-order valence-electron chi connectivity index (χ4n) is 1.89. The molecule has 0 fully saturated rings. The Morgan fingerprint density at radius 3 is 2.13 bits per heavy atom. The molecule has 0 saturated carbocycles. The molecule has 1 N–H and O–H groups in total. The highest BCUT2D eigenvalue weighted by molar-refractivity contribution is 7.81. The first-order valence-electron chi connectivity index (χ1n) is 6.70. The molecule has 23 heavy (non-hydrogen) atoms. The lowest BCUT2D eigenvalue weighted by atomic mass is 9.79. The Hall–Kier alpha value is -1.77. The summed E-state index contributed by atoms with van der Waals surface area (Å²) in [7, 11) is -5.13. The van der Waals surface area contributed by atoms with Crippen LogP contribution in [0.4, 0.5) is 18.4 Å². The average molecular weight is 353 g/mol. The summed E-state index contributed by atoms with van der Waals surface area (Å²) >= 11 is 0. The molecule has 0 aromatic heterocycles. The molecule has 130 valence electrons. The predicted octanol–water partition coefficient (Wildman–Crippen LogP) is 3.54. The number of nitrogens with one attached hydrogen (secondary N) is 1. The number of hydrogen-bond donors (Lipinski definition) is 1. The highest BCUT2D eigenvalue weighted by Crippen LogP contribution is 2.34. The van der Waals surface area contributed by atoms with Gasteiger partial charge in [0.1, 0.15) is 5.75 Å². The van der Waals surface area contributed by atoms with Gasteiger partial charge < -0.3 is 9.50 Å². The van der Waals surface area contributed by atoms with Gasteiger partial charge in [0, 0.05) is 18.0 Å². The minimum atomic E-state index is -5.13. The first-order chi connectivity index (χ1) is 10.4. The molecule has 0 saturated heterocycles. The molecule has 5 nitrogen and oxygen atoms in total. The number of rotatable bonds is 6. The van der Waals surface area contributed by atoms with Crippen molar-refractivity contribution in [3.05, 3.63) is 24.3 Å². The maximum Gasteiger partial charge on any atom is 0.488 e. The molecule has 1 aromatic carbocycles. The quantitative estimate of drug-likeness (QED) is 0.794. The molecule has 0 aliphatic rings. The van der Waals surface area contributed by atoms with E-state index in [0.29, 0.717) is 0 Å². The summed E-state index contributed by atoms with van der Waals surface area (Å²) in [4.78, 5) is 11.9. The first-order valence-corrected chi connectivity index (χ1v) is 8.01. The monoisotopic (exact) mass is 353 g/mol. The van der Waals surface area contributed by atoms with E-state index in [9.17, 15) is 25.9 Å². The number of anilines is 1. The standard InChI is InChI=1S/C14H18F3NO4S/c1-14(2,3)11(13(15)16)8-12(19)18-9-4-6-10(7-5-9)22-23(17,20)21/h4-7,11,13H,8H2,1-3H3,(H,18,19). The van der Waals surface area contributed by atoms with Crippen molar-refractivity contribution in [1.82, 2.24) is 0 Å². The summed E-state index contributed by atoms with van der Waals surface area (Å²) < 4.78 is 63.0. The smallest absolute Gasteiger partial charge is 0.358 e. The zero-order chi connectivity index (χ0) is 17.8. The fourth-order valence-corrected chi connectivity index (χ4v) is 2.23. The van der Waals surface area contributed by atoms with Gasteiger partial charge in [-0.1, -0.05) is 24.7 Å². The summed E-state index contributed by atoms with van der Waals surface area (Å²) in [5.41, 5.74) is -0.487. The van der Waals surface area contributed by atoms with Crippen molar-refractivity contribution >= 4 is 22.1 Å². The minimum Gasteiger partial charge on any atom is -0.358 e. The molecule has 1 amide bonds. The Kier molecular flexibility index (Phi) is 6.04. The number of carbonyl (C=O) groups is 1. The van der Waals surface area contributed by atoms with Gasteiger partial charge in [-0.15, -0.1) is 0 Å². The molecular formula is C14H18F3NO4S. The number of halogens is 3. The van der Waals surface area contributed by atoms with Crippen LogP contribution in [-0.4, -0.2) is 20.8 Å². The van der Waals surface area contributed by atoms with Crippen molar-refractivity contribution in [2.45, 2.75) is 33.6 Å². The van der Waals surface area contributed by atoms with Crippen LogP contribution in [0.1, 0.15) is 27.2 Å². The topological polar surface area (TPSA) is 72.5 Å². The molecule has 1 rings (SSSR count). The number of hydrogen-bond acceptors (Lipinski definition) is 4. The summed E-state index contributed by atoms with van der Waals surface area (Å²) in [5, 5.41) is 2.42. The van der Waals surface area contributed by atoms with Crippen LogP contribution in [0.25, 0.3) is 0 Å². The molecule has 1 atom stereocenters. The van der Waals surface area contributed by atoms with Crippen molar-refractivity contribution in [2.75, 3.05) is 5.32 Å². The number of amides is 1. The first kappa shape index (κ1) is 19.3. The lowest BCUT2D eigenvalue weighted by Gasteiger charge is -2.29. The van der Waals surface area contributed by atoms with Crippen LogP contribution in [0, 0.1) is 11.3 Å². The summed E-state index contributed by atoms with van der Waals surface area (Å²) in [5.74, 6) is -1.98. The normalized spacial score (nSPS) is 13.7. The zero-order valence-electron chi connectivity index (χ0n) is 12.8. The third-order valence-electron chi connectivity index (χ3n) is 3.16. The predicted molar refractivity (Wildman–Crippen MR) is 79.3 cm³/mol. The Bertz CT molecular complexity index is 639. The van der Waals surface area contributed by atoms with E-state index in [4.69, 9.17) is 0 Å². The summed E-state index contributed by atoms with van der Waals surface area (Å²) in [6.07, 6.45) is -3.00. The Balaban J connectivity index is 2.71. The van der Waals surface area contributed by atoms with Crippen molar-refractivity contribution in [1.29, 1.82) is 0 Å². The molecule has 0 aliphatic heterocycles. The Morgan fingerprint density at radius 1 is 1.22 bits per heavy atom. The summed E-state index contributed by atoms with van der Waals surface area (Å²) in [6.45, 7) is 4.88. The highest BCUT2D eigenvalue weighted by atomic mass is 32.3. The van der Waals surface area contributed by atoms with Gasteiger partial charge in [0.05, 0.1) is 0 Å². The molecule has 0 radical (unpaired) electrons. The number of alkyl halides is 2. The van der Waals surface area contributed by atoms with Crippen molar-refractivity contribution in [3.8, 4) is 5.75 Å². The van der Waals surface area contributed by atoms with Gasteiger partial charge >= 0.3 is 10.5 Å². The SMILES string of the molecule is CC(C)(C)C(CC(=O)Nc1ccc(OS(=O)(=O)F)cc1)C(F)F. The van der Waals surface area contributed by atoms with Gasteiger partial charge in [0.25, 0.3) is 0 Å². The van der Waals surface area contributed by atoms with Crippen LogP contribution in [0.2, 0.25) is 0 Å². The lowest BCUT2D eigenvalue weighted by Crippen LogP contribution is -2.31. The van der Waals surface area contributed by atoms with E-state index < -0.39 is 34.2 Å². The van der Waals surface area contributed by atoms with Crippen molar-refractivity contribution in [3.63, 3.8) is 0 Å². The number of carbonyl (C=O) groups excluding carboxylic acids is 1. The van der Waals surface area contributed by atoms with E-state index in [1.807, 2.05) is 0 Å². The number of benzene rings is 1. The van der Waals surface area contributed by atoms with Crippen LogP contribution in [-0.2, 0) is 15.3 Å². The van der Waals surface area contributed by atoms with E-state index in [-0.39, 0.29) is 17.9 Å². The molecule has 0 heterocycles. The second-order valence-electron chi connectivity index (χ2n) is 6.06. The van der Waals surface area contributed by atoms with Crippen LogP contribution < -0.4 is 9.50 Å². The zero-order valence-corrected chi connectivity index (χ0v) is 13.7. The second kappa shape index (κ2) is 7.20. The molecule has 0 aliphatic carbocycles. The maximum atomic E-state index is 13.0. The van der Waals surface area contributed by atoms with Crippen LogP contribution in [0.15, 0.2) is 24.3 Å². The van der Waals surface area contributed by atoms with Gasteiger partial charge in [0.2, 0.25) is 12.3 Å². The molecule has 1 unspecified atom stereocenters. The molecule has 9 heteroatoms. The molecule has 0 bridgehead atoms. The van der Waals surface area contributed by atoms with E-state index in [2.05, 4.69) is 9.50 Å². The van der Waals surface area contributed by atoms with E-state index in [1.54, 1.807) is 20.8 Å². The average Bonchev–Trinajstić information content (AvgIpc) is 2.35.